The van der Waals surface area contributed by atoms with E-state index in [9.17, 15) is 24.4 Å². The van der Waals surface area contributed by atoms with E-state index < -0.39 is 23.6 Å². The zero-order valence-corrected chi connectivity index (χ0v) is 24.7. The number of carbonyl (C=O) groups excluding carboxylic acids is 4. The van der Waals surface area contributed by atoms with Crippen LogP contribution in [0, 0.1) is 24.8 Å². The van der Waals surface area contributed by atoms with Crippen molar-refractivity contribution in [3.8, 4) is 17.2 Å². The largest absolute Gasteiger partial charge is 0.372 e. The second kappa shape index (κ2) is 11.9. The van der Waals surface area contributed by atoms with Gasteiger partial charge in [0.1, 0.15) is 11.6 Å². The number of benzene rings is 2. The van der Waals surface area contributed by atoms with Crippen molar-refractivity contribution in [2.45, 2.75) is 33.6 Å². The molecule has 9 nitrogen and oxygen atoms in total. The quantitative estimate of drug-likeness (QED) is 0.203. The van der Waals surface area contributed by atoms with Gasteiger partial charge in [-0.05, 0) is 56.0 Å². The fraction of sp³-hybridized carbons (Fsp3) is 0.212. The minimum atomic E-state index is -1.06. The van der Waals surface area contributed by atoms with Gasteiger partial charge in [-0.3, -0.25) is 19.2 Å². The number of hydrogen-bond donors (Lipinski definition) is 0. The van der Waals surface area contributed by atoms with Crippen molar-refractivity contribution in [2.75, 3.05) is 18.0 Å². The molecule has 5 rings (SSSR count). The summed E-state index contributed by atoms with van der Waals surface area (Å²) in [7, 11) is 0. The first-order valence-corrected chi connectivity index (χ1v) is 14.5. The van der Waals surface area contributed by atoms with Crippen LogP contribution in [-0.4, -0.2) is 46.7 Å². The number of thiophene rings is 1. The van der Waals surface area contributed by atoms with Crippen LogP contribution >= 0.6 is 11.3 Å². The maximum absolute atomic E-state index is 14.1. The highest BCUT2D eigenvalue weighted by molar-refractivity contribution is 7.18. The Morgan fingerprint density at radius 1 is 1.02 bits per heavy atom. The van der Waals surface area contributed by atoms with E-state index in [2.05, 4.69) is 9.74 Å². The number of hydrazine groups is 1. The minimum Gasteiger partial charge on any atom is -0.372 e. The number of nitrogens with zero attached hydrogens (tertiary/aromatic N) is 5. The van der Waals surface area contributed by atoms with Crippen molar-refractivity contribution in [3.63, 3.8) is 0 Å². The van der Waals surface area contributed by atoms with Gasteiger partial charge < -0.3 is 4.90 Å². The molecule has 1 aromatic heterocycles. The van der Waals surface area contributed by atoms with Crippen molar-refractivity contribution >= 4 is 51.7 Å². The zero-order chi connectivity index (χ0) is 30.8. The third-order valence-corrected chi connectivity index (χ3v) is 8.63. The lowest BCUT2D eigenvalue weighted by Gasteiger charge is -2.34. The second-order valence-electron chi connectivity index (χ2n) is 10.3. The number of nitriles is 1. The summed E-state index contributed by atoms with van der Waals surface area (Å²) in [5.74, 6) is -3.73. The summed E-state index contributed by atoms with van der Waals surface area (Å²) >= 11 is 1.36. The molecule has 0 spiro atoms. The van der Waals surface area contributed by atoms with Crippen LogP contribution in [-0.2, 0) is 14.4 Å². The van der Waals surface area contributed by atoms with Crippen LogP contribution in [0.2, 0.25) is 0 Å². The van der Waals surface area contributed by atoms with Gasteiger partial charge in [0.25, 0.3) is 17.7 Å². The standard InChI is InChI=1S/C33H27N5O4S/c1-20-12-14-23(15-13-20)28-27(43-33(29(28)35-4)36-16-8-9-17-36)18-25-21(2)26(19-34)32(42)38(31(25)41)37(22(3)39)30(40)24-10-6-5-7-11-24/h5-7,10-15,18H,8-9,16-17H2,1-3H3/b25-18-. The molecule has 2 aliphatic rings. The maximum atomic E-state index is 14.1. The van der Waals surface area contributed by atoms with E-state index >= 15 is 0 Å². The van der Waals surface area contributed by atoms with Crippen LogP contribution in [0.15, 0.2) is 71.3 Å². The Morgan fingerprint density at radius 2 is 1.67 bits per heavy atom. The smallest absolute Gasteiger partial charge is 0.291 e. The molecule has 4 amide bonds. The van der Waals surface area contributed by atoms with Crippen LogP contribution in [0.25, 0.3) is 22.0 Å². The van der Waals surface area contributed by atoms with Crippen LogP contribution in [0.1, 0.15) is 47.5 Å². The van der Waals surface area contributed by atoms with Crippen LogP contribution in [0.4, 0.5) is 10.7 Å². The lowest BCUT2D eigenvalue weighted by atomic mass is 9.94. The zero-order valence-electron chi connectivity index (χ0n) is 23.9. The molecule has 43 heavy (non-hydrogen) atoms. The Hall–Kier alpha value is -5.32. The van der Waals surface area contributed by atoms with E-state index in [0.717, 1.165) is 49.0 Å². The maximum Gasteiger partial charge on any atom is 0.291 e. The Kier molecular flexibility index (Phi) is 8.07. The lowest BCUT2D eigenvalue weighted by Crippen LogP contribution is -2.57. The summed E-state index contributed by atoms with van der Waals surface area (Å²) in [4.78, 5) is 60.4. The summed E-state index contributed by atoms with van der Waals surface area (Å²) in [6.45, 7) is 14.2. The molecule has 3 heterocycles. The van der Waals surface area contributed by atoms with Crippen LogP contribution in [0.5, 0.6) is 0 Å². The molecule has 1 saturated heterocycles. The first kappa shape index (κ1) is 29.2. The summed E-state index contributed by atoms with van der Waals surface area (Å²) in [6.07, 6.45) is 3.57. The molecule has 0 aliphatic carbocycles. The molecule has 0 radical (unpaired) electrons. The number of aryl methyl sites for hydroxylation is 1. The van der Waals surface area contributed by atoms with E-state index in [4.69, 9.17) is 6.57 Å². The number of hydrogen-bond acceptors (Lipinski definition) is 7. The van der Waals surface area contributed by atoms with Gasteiger partial charge in [0.2, 0.25) is 11.6 Å². The third-order valence-electron chi connectivity index (χ3n) is 7.44. The third kappa shape index (κ3) is 5.25. The Morgan fingerprint density at radius 3 is 2.26 bits per heavy atom. The Bertz CT molecular complexity index is 1800. The molecule has 0 bridgehead atoms. The fourth-order valence-corrected chi connectivity index (χ4v) is 6.48. The first-order valence-electron chi connectivity index (χ1n) is 13.7. The predicted molar refractivity (Wildman–Crippen MR) is 164 cm³/mol. The molecule has 3 aromatic rings. The van der Waals surface area contributed by atoms with Crippen molar-refractivity contribution in [2.24, 2.45) is 0 Å². The highest BCUT2D eigenvalue weighted by Gasteiger charge is 2.43. The van der Waals surface area contributed by atoms with E-state index in [1.54, 1.807) is 24.3 Å². The number of amides is 4. The van der Waals surface area contributed by atoms with Gasteiger partial charge in [-0.25, -0.2) is 4.85 Å². The van der Waals surface area contributed by atoms with Crippen molar-refractivity contribution < 1.29 is 19.2 Å². The molecular weight excluding hydrogens is 562 g/mol. The summed E-state index contributed by atoms with van der Waals surface area (Å²) in [5.41, 5.74) is 2.76. The normalized spacial score (nSPS) is 16.0. The van der Waals surface area contributed by atoms with Crippen molar-refractivity contribution in [1.82, 2.24) is 10.0 Å². The minimum absolute atomic E-state index is 0.0256. The van der Waals surface area contributed by atoms with Gasteiger partial charge in [-0.15, -0.1) is 11.3 Å². The summed E-state index contributed by atoms with van der Waals surface area (Å²) in [5, 5.41) is 11.7. The predicted octanol–water partition coefficient (Wildman–Crippen LogP) is 6.07. The molecule has 2 aromatic carbocycles. The first-order chi connectivity index (χ1) is 20.7. The lowest BCUT2D eigenvalue weighted by molar-refractivity contribution is -0.163. The van der Waals surface area contributed by atoms with Gasteiger partial charge in [-0.1, -0.05) is 48.0 Å². The number of anilines is 1. The molecule has 10 heteroatoms. The second-order valence-corrected chi connectivity index (χ2v) is 11.3. The molecule has 0 saturated carbocycles. The monoisotopic (exact) mass is 589 g/mol. The van der Waals surface area contributed by atoms with Gasteiger partial charge in [-0.2, -0.15) is 15.3 Å². The molecule has 1 fully saturated rings. The van der Waals surface area contributed by atoms with Gasteiger partial charge >= 0.3 is 0 Å². The molecule has 0 unspecified atom stereocenters. The highest BCUT2D eigenvalue weighted by atomic mass is 32.1. The van der Waals surface area contributed by atoms with Gasteiger partial charge in [0, 0.05) is 41.6 Å². The van der Waals surface area contributed by atoms with E-state index in [0.29, 0.717) is 26.1 Å². The molecule has 0 atom stereocenters. The molecular formula is C33H27N5O4S. The van der Waals surface area contributed by atoms with Crippen molar-refractivity contribution in [3.05, 3.63) is 98.7 Å². The Labute approximate surface area is 253 Å². The summed E-state index contributed by atoms with van der Waals surface area (Å²) in [6, 6.07) is 17.4. The van der Waals surface area contributed by atoms with Gasteiger partial charge in [0.15, 0.2) is 0 Å². The molecule has 0 N–H and O–H groups in total. The van der Waals surface area contributed by atoms with Gasteiger partial charge in [0.05, 0.1) is 11.6 Å². The van der Waals surface area contributed by atoms with E-state index in [-0.39, 0.29) is 22.3 Å². The van der Waals surface area contributed by atoms with E-state index in [1.165, 1.54) is 30.4 Å². The topological polar surface area (TPSA) is 106 Å². The summed E-state index contributed by atoms with van der Waals surface area (Å²) < 4.78 is 0. The van der Waals surface area contributed by atoms with E-state index in [1.807, 2.05) is 37.3 Å². The molecule has 2 aliphatic heterocycles. The van der Waals surface area contributed by atoms with Crippen LogP contribution in [0.3, 0.4) is 0 Å². The van der Waals surface area contributed by atoms with Crippen LogP contribution < -0.4 is 4.90 Å². The number of rotatable bonds is 5. The highest BCUT2D eigenvalue weighted by Crippen LogP contribution is 2.50. The number of imide groups is 2. The average molecular weight is 590 g/mol. The average Bonchev–Trinajstić information content (AvgIpc) is 3.66. The molecule has 214 valence electrons. The Balaban J connectivity index is 1.71. The SMILES string of the molecule is [C-]#[N+]c1c(N2CCCC2)sc(/C=C2\C(=O)N(N(C(C)=O)C(=O)c3ccccc3)C(=O)C(C#N)=C2C)c1-c1ccc(C)cc1. The fourth-order valence-electron chi connectivity index (χ4n) is 5.23. The van der Waals surface area contributed by atoms with Crippen molar-refractivity contribution in [1.29, 1.82) is 5.26 Å². The number of carbonyl (C=O) groups is 4.